The molecule has 2 saturated carbocycles. The zero-order valence-corrected chi connectivity index (χ0v) is 39.9. The second kappa shape index (κ2) is 22.8. The molecule has 2 fully saturated rings. The lowest BCUT2D eigenvalue weighted by atomic mass is 10.1. The third kappa shape index (κ3) is 11.9. The molecule has 2 aliphatic carbocycles. The van der Waals surface area contributed by atoms with E-state index in [0.717, 1.165) is 132 Å². The number of rotatable bonds is 15. The first-order chi connectivity index (χ1) is 34.4. The monoisotopic (exact) mass is 974 g/mol. The normalized spacial score (nSPS) is 16.3. The Balaban J connectivity index is 0.000000158. The second-order valence-corrected chi connectivity index (χ2v) is 18.8. The quantitative estimate of drug-likeness (QED) is 0.0565. The molecule has 17 heteroatoms. The van der Waals surface area contributed by atoms with Gasteiger partial charge in [0.05, 0.1) is 46.2 Å². The van der Waals surface area contributed by atoms with Crippen molar-refractivity contribution in [2.75, 3.05) is 48.4 Å². The van der Waals surface area contributed by atoms with Gasteiger partial charge in [0.1, 0.15) is 34.9 Å². The minimum Gasteiger partial charge on any atom is -0.368 e. The summed E-state index contributed by atoms with van der Waals surface area (Å²) in [5.74, 6) is 5.49. The summed E-state index contributed by atoms with van der Waals surface area (Å²) >= 11 is 1.50. The summed E-state index contributed by atoms with van der Waals surface area (Å²) in [7, 11) is 0. The fraction of sp³-hybridized carbons (Fsp3) is 0.333. The molecule has 12 rings (SSSR count). The number of halogens is 2. The fourth-order valence-electron chi connectivity index (χ4n) is 8.88. The maximum absolute atomic E-state index is 13.7. The molecule has 8 heterocycles. The summed E-state index contributed by atoms with van der Waals surface area (Å²) in [6.45, 7) is 3.28. The van der Waals surface area contributed by atoms with Gasteiger partial charge in [0.2, 0.25) is 5.95 Å². The number of aryl methyl sites for hydroxylation is 2. The van der Waals surface area contributed by atoms with Gasteiger partial charge in [-0.3, -0.25) is 0 Å². The van der Waals surface area contributed by atoms with Crippen LogP contribution < -0.4 is 21.7 Å². The Labute approximate surface area is 417 Å². The third-order valence-electron chi connectivity index (χ3n) is 12.9. The van der Waals surface area contributed by atoms with Crippen LogP contribution in [0.4, 0.5) is 26.4 Å². The van der Waals surface area contributed by atoms with Gasteiger partial charge in [-0.1, -0.05) is 31.3 Å². The molecule has 0 unspecified atom stereocenters. The highest BCUT2D eigenvalue weighted by molar-refractivity contribution is 7.98. The van der Waals surface area contributed by atoms with Crippen molar-refractivity contribution in [3.05, 3.63) is 145 Å². The molecule has 14 nitrogen and oxygen atoms in total. The Bertz CT molecular complexity index is 2980. The van der Waals surface area contributed by atoms with E-state index in [2.05, 4.69) is 45.0 Å². The Morgan fingerprint density at radius 2 is 1.06 bits per heavy atom. The van der Waals surface area contributed by atoms with Crippen LogP contribution in [-0.4, -0.2) is 81.4 Å². The van der Waals surface area contributed by atoms with E-state index < -0.39 is 0 Å². The van der Waals surface area contributed by atoms with Crippen LogP contribution in [0.1, 0.15) is 69.7 Å². The van der Waals surface area contributed by atoms with Gasteiger partial charge in [0.15, 0.2) is 5.16 Å². The topological polar surface area (TPSA) is 175 Å². The van der Waals surface area contributed by atoms with Gasteiger partial charge < -0.3 is 30.8 Å². The summed E-state index contributed by atoms with van der Waals surface area (Å²) in [5, 5.41) is 11.0. The Morgan fingerprint density at radius 1 is 0.549 bits per heavy atom. The Morgan fingerprint density at radius 3 is 1.51 bits per heavy atom. The largest absolute Gasteiger partial charge is 0.368 e. The van der Waals surface area contributed by atoms with Gasteiger partial charge in [-0.2, -0.15) is 0 Å². The molecule has 8 aromatic rings. The Kier molecular flexibility index (Phi) is 15.7. The minimum atomic E-state index is -0.263. The number of hydrogen-bond donors (Lipinski definition) is 4. The van der Waals surface area contributed by atoms with Crippen LogP contribution in [-0.2, 0) is 12.8 Å². The average molecular weight is 975 g/mol. The van der Waals surface area contributed by atoms with E-state index in [1.165, 1.54) is 61.7 Å². The molecule has 366 valence electrons. The third-order valence-corrected chi connectivity index (χ3v) is 13.5. The maximum atomic E-state index is 13.7. The standard InChI is InChI=1S/C26H26FN7.C23H21FN6S.C4H9N.CH4/c27-19-8-6-18(7-9-19)24-25(21-12-14-29-26(32-21)31-15-17-4-5-17)34-20(10-11-23(34)33-24)16-30-22-3-1-2-13-28-22;1-31-23-26-13-11-18(28-23)22-21(15-5-7-16(24)8-6-15)29-20-10-9-17(30(20)22)14-27-19-4-2-3-12-25-19;5-3-4-1-2-4;/h1-3,6-9,12-14,17,20H,4-5,10-11,15-16H2,(H,28,30)(H,29,31,32);2-8,11-13,17H,9-10,14H2,1H3,(H,25,27);4H,1-3,5H2;1H4/t20-;17-;;/m00../s1. The summed E-state index contributed by atoms with van der Waals surface area (Å²) in [4.78, 5) is 37.1. The molecule has 5 N–H and O–H groups in total. The Hall–Kier alpha value is -7.11. The predicted octanol–water partition coefficient (Wildman–Crippen LogP) is 10.8. The molecule has 0 amide bonds. The van der Waals surface area contributed by atoms with Crippen molar-refractivity contribution in [2.24, 2.45) is 17.6 Å². The highest BCUT2D eigenvalue weighted by Gasteiger charge is 2.33. The fourth-order valence-corrected chi connectivity index (χ4v) is 9.23. The molecule has 0 spiro atoms. The van der Waals surface area contributed by atoms with Gasteiger partial charge in [-0.05, 0) is 148 Å². The molecule has 0 radical (unpaired) electrons. The number of imidazole rings is 2. The van der Waals surface area contributed by atoms with Crippen LogP contribution in [0.3, 0.4) is 0 Å². The summed E-state index contributed by atoms with van der Waals surface area (Å²) < 4.78 is 31.8. The number of anilines is 3. The highest BCUT2D eigenvalue weighted by atomic mass is 32.2. The molecule has 71 heavy (non-hydrogen) atoms. The summed E-state index contributed by atoms with van der Waals surface area (Å²) in [6.07, 6.45) is 18.1. The van der Waals surface area contributed by atoms with Crippen molar-refractivity contribution in [2.45, 2.75) is 76.0 Å². The number of fused-ring (bicyclic) bond motifs is 2. The number of nitrogens with two attached hydrogens (primary N) is 1. The molecular formula is C54H60F2N14S. The van der Waals surface area contributed by atoms with Crippen LogP contribution in [0.5, 0.6) is 0 Å². The zero-order chi connectivity index (χ0) is 47.8. The van der Waals surface area contributed by atoms with Crippen LogP contribution in [0, 0.1) is 23.5 Å². The van der Waals surface area contributed by atoms with Crippen LogP contribution in [0.15, 0.2) is 127 Å². The van der Waals surface area contributed by atoms with Crippen LogP contribution in [0.25, 0.3) is 45.3 Å². The minimum absolute atomic E-state index is 0. The van der Waals surface area contributed by atoms with Crippen LogP contribution >= 0.6 is 11.8 Å². The first kappa shape index (κ1) is 48.9. The van der Waals surface area contributed by atoms with Gasteiger partial charge >= 0.3 is 0 Å². The number of nitrogens with zero attached hydrogens (tertiary/aromatic N) is 10. The smallest absolute Gasteiger partial charge is 0.223 e. The van der Waals surface area contributed by atoms with E-state index in [0.29, 0.717) is 11.1 Å². The summed E-state index contributed by atoms with van der Waals surface area (Å²) in [5.41, 5.74) is 12.2. The van der Waals surface area contributed by atoms with Gasteiger partial charge in [0.25, 0.3) is 0 Å². The lowest BCUT2D eigenvalue weighted by Crippen LogP contribution is -2.17. The van der Waals surface area contributed by atoms with Crippen molar-refractivity contribution in [1.82, 2.24) is 49.0 Å². The molecular weight excluding hydrogens is 915 g/mol. The molecule has 2 aromatic carbocycles. The number of pyridine rings is 2. The van der Waals surface area contributed by atoms with E-state index >= 15 is 0 Å². The van der Waals surface area contributed by atoms with Gasteiger partial charge in [-0.25, -0.2) is 48.7 Å². The molecule has 2 atom stereocenters. The molecule has 4 aliphatic rings. The van der Waals surface area contributed by atoms with E-state index in [1.54, 1.807) is 49.1 Å². The van der Waals surface area contributed by atoms with Crippen LogP contribution in [0.2, 0.25) is 0 Å². The van der Waals surface area contributed by atoms with E-state index in [4.69, 9.17) is 25.7 Å². The van der Waals surface area contributed by atoms with Crippen molar-refractivity contribution in [3.8, 4) is 45.3 Å². The lowest BCUT2D eigenvalue weighted by molar-refractivity contribution is 0.557. The molecule has 0 bridgehead atoms. The van der Waals surface area contributed by atoms with E-state index in [1.807, 2.05) is 54.8 Å². The molecule has 0 saturated heterocycles. The maximum Gasteiger partial charge on any atom is 0.223 e. The predicted molar refractivity (Wildman–Crippen MR) is 279 cm³/mol. The molecule has 6 aromatic heterocycles. The van der Waals surface area contributed by atoms with Crippen molar-refractivity contribution < 1.29 is 8.78 Å². The first-order valence-electron chi connectivity index (χ1n) is 24.1. The lowest BCUT2D eigenvalue weighted by Gasteiger charge is -2.18. The van der Waals surface area contributed by atoms with Crippen molar-refractivity contribution in [3.63, 3.8) is 0 Å². The highest BCUT2D eigenvalue weighted by Crippen LogP contribution is 2.41. The van der Waals surface area contributed by atoms with Crippen molar-refractivity contribution >= 4 is 29.3 Å². The van der Waals surface area contributed by atoms with Gasteiger partial charge in [0, 0.05) is 68.4 Å². The summed E-state index contributed by atoms with van der Waals surface area (Å²) in [6, 6.07) is 28.9. The zero-order valence-electron chi connectivity index (χ0n) is 39.1. The first-order valence-corrected chi connectivity index (χ1v) is 25.3. The number of hydrogen-bond acceptors (Lipinski definition) is 13. The second-order valence-electron chi connectivity index (χ2n) is 18.0. The SMILES string of the molecule is C.CSc1nccc(-c2c(-c3ccc(F)cc3)nc3n2[C@H](CNc2ccccn2)CC3)n1.Fc1ccc(-c2nc3n(c2-c2ccnc(NCC4CC4)n2)[C@H](CNc2ccccn2)CC3)cc1.NCC1CC1. The number of nitrogens with one attached hydrogen (secondary N) is 3. The molecule has 2 aliphatic heterocycles. The van der Waals surface area contributed by atoms with E-state index in [9.17, 15) is 8.78 Å². The number of thioether (sulfide) groups is 1. The number of benzene rings is 2. The number of aromatic nitrogens is 10. The van der Waals surface area contributed by atoms with Crippen molar-refractivity contribution in [1.29, 1.82) is 0 Å². The van der Waals surface area contributed by atoms with Gasteiger partial charge in [-0.15, -0.1) is 0 Å². The van der Waals surface area contributed by atoms with E-state index in [-0.39, 0.29) is 31.1 Å². The average Bonchev–Trinajstić information content (AvgIpc) is 4.27.